The predicted molar refractivity (Wildman–Crippen MR) is 132 cm³/mol. The molecule has 0 N–H and O–H groups in total. The first-order valence-corrected chi connectivity index (χ1v) is 12.6. The minimum Gasteiger partial charge on any atom is -0.207 e. The van der Waals surface area contributed by atoms with E-state index in [1.807, 2.05) is 12.1 Å². The van der Waals surface area contributed by atoms with Crippen molar-refractivity contribution in [3.63, 3.8) is 0 Å². The SMILES string of the molecule is CCCCCC[C@H]1CC[C@H](CCc2ccc3c(F)c(-c4cccc(F)c4)ccc3c2)CC1. The van der Waals surface area contributed by atoms with Gasteiger partial charge in [0.2, 0.25) is 0 Å². The van der Waals surface area contributed by atoms with Crippen LogP contribution in [0.2, 0.25) is 0 Å². The zero-order valence-corrected chi connectivity index (χ0v) is 19.4. The van der Waals surface area contributed by atoms with Crippen LogP contribution in [0.4, 0.5) is 8.78 Å². The Morgan fingerprint density at radius 2 is 1.56 bits per heavy atom. The van der Waals surface area contributed by atoms with E-state index in [-0.39, 0.29) is 11.6 Å². The van der Waals surface area contributed by atoms with Crippen LogP contribution in [0.25, 0.3) is 21.9 Å². The molecule has 0 saturated heterocycles. The van der Waals surface area contributed by atoms with Gasteiger partial charge in [0.1, 0.15) is 11.6 Å². The molecule has 32 heavy (non-hydrogen) atoms. The lowest BCUT2D eigenvalue weighted by Crippen LogP contribution is -2.15. The van der Waals surface area contributed by atoms with Gasteiger partial charge in [0.05, 0.1) is 0 Å². The first-order valence-electron chi connectivity index (χ1n) is 12.6. The second kappa shape index (κ2) is 11.1. The molecule has 1 aliphatic carbocycles. The first kappa shape index (κ1) is 23.0. The van der Waals surface area contributed by atoms with E-state index in [4.69, 9.17) is 0 Å². The molecule has 1 aliphatic rings. The van der Waals surface area contributed by atoms with Crippen molar-refractivity contribution in [1.82, 2.24) is 0 Å². The fraction of sp³-hybridized carbons (Fsp3) is 0.467. The van der Waals surface area contributed by atoms with Crippen molar-refractivity contribution in [3.8, 4) is 11.1 Å². The summed E-state index contributed by atoms with van der Waals surface area (Å²) in [6.45, 7) is 2.28. The number of unbranched alkanes of at least 4 members (excludes halogenated alkanes) is 3. The molecular weight excluding hydrogens is 398 g/mol. The Kier molecular flexibility index (Phi) is 7.95. The minimum atomic E-state index is -0.345. The third-order valence-corrected chi connectivity index (χ3v) is 7.43. The van der Waals surface area contributed by atoms with Crippen LogP contribution < -0.4 is 0 Å². The van der Waals surface area contributed by atoms with Crippen molar-refractivity contribution in [2.45, 2.75) is 77.6 Å². The van der Waals surface area contributed by atoms with E-state index in [0.29, 0.717) is 16.5 Å². The summed E-state index contributed by atoms with van der Waals surface area (Å²) in [6.07, 6.45) is 14.8. The second-order valence-corrected chi connectivity index (χ2v) is 9.77. The fourth-order valence-electron chi connectivity index (χ4n) is 5.42. The van der Waals surface area contributed by atoms with E-state index in [0.717, 1.165) is 23.6 Å². The number of benzene rings is 3. The van der Waals surface area contributed by atoms with Gasteiger partial charge in [-0.25, -0.2) is 8.78 Å². The normalized spacial score (nSPS) is 18.8. The van der Waals surface area contributed by atoms with Crippen LogP contribution in [-0.2, 0) is 6.42 Å². The monoisotopic (exact) mass is 434 g/mol. The standard InChI is InChI=1S/C30H36F2/c1-2-3-4-5-7-22-10-12-23(13-11-22)14-15-24-16-18-28-26(20-24)17-19-29(30(28)32)25-8-6-9-27(31)21-25/h6,8-9,16-23H,2-5,7,10-15H2,1H3/t22-,23-. The van der Waals surface area contributed by atoms with Gasteiger partial charge in [-0.15, -0.1) is 0 Å². The number of halogens is 2. The average molecular weight is 435 g/mol. The third kappa shape index (κ3) is 5.77. The van der Waals surface area contributed by atoms with Crippen molar-refractivity contribution in [2.24, 2.45) is 11.8 Å². The molecule has 0 bridgehead atoms. The quantitative estimate of drug-likeness (QED) is 0.294. The smallest absolute Gasteiger partial charge is 0.138 e. The van der Waals surface area contributed by atoms with Crippen LogP contribution in [0.15, 0.2) is 54.6 Å². The topological polar surface area (TPSA) is 0 Å². The summed E-state index contributed by atoms with van der Waals surface area (Å²) in [6, 6.07) is 16.0. The Morgan fingerprint density at radius 1 is 0.781 bits per heavy atom. The largest absolute Gasteiger partial charge is 0.207 e. The van der Waals surface area contributed by atoms with Gasteiger partial charge in [-0.3, -0.25) is 0 Å². The predicted octanol–water partition coefficient (Wildman–Crippen LogP) is 9.49. The van der Waals surface area contributed by atoms with Crippen LogP contribution in [-0.4, -0.2) is 0 Å². The lowest BCUT2D eigenvalue weighted by Gasteiger charge is -2.28. The minimum absolute atomic E-state index is 0.267. The maximum Gasteiger partial charge on any atom is 0.138 e. The highest BCUT2D eigenvalue weighted by molar-refractivity contribution is 5.88. The molecule has 0 amide bonds. The Labute approximate surface area is 192 Å². The van der Waals surface area contributed by atoms with Gasteiger partial charge >= 0.3 is 0 Å². The maximum absolute atomic E-state index is 15.1. The van der Waals surface area contributed by atoms with Gasteiger partial charge in [-0.2, -0.15) is 0 Å². The van der Waals surface area contributed by atoms with Crippen LogP contribution in [0, 0.1) is 23.5 Å². The van der Waals surface area contributed by atoms with E-state index in [9.17, 15) is 4.39 Å². The summed E-state index contributed by atoms with van der Waals surface area (Å²) in [4.78, 5) is 0. The molecule has 0 unspecified atom stereocenters. The number of rotatable bonds is 9. The Bertz CT molecular complexity index is 1010. The zero-order valence-electron chi connectivity index (χ0n) is 19.4. The van der Waals surface area contributed by atoms with Gasteiger partial charge in [0, 0.05) is 10.9 Å². The second-order valence-electron chi connectivity index (χ2n) is 9.77. The summed E-state index contributed by atoms with van der Waals surface area (Å²) in [5, 5.41) is 1.54. The zero-order chi connectivity index (χ0) is 22.3. The highest BCUT2D eigenvalue weighted by Crippen LogP contribution is 2.35. The third-order valence-electron chi connectivity index (χ3n) is 7.43. The molecular formula is C30H36F2. The van der Waals surface area contributed by atoms with Gasteiger partial charge in [-0.1, -0.05) is 107 Å². The number of fused-ring (bicyclic) bond motifs is 1. The molecule has 0 spiro atoms. The summed E-state index contributed by atoms with van der Waals surface area (Å²) in [7, 11) is 0. The highest BCUT2D eigenvalue weighted by Gasteiger charge is 2.20. The van der Waals surface area contributed by atoms with E-state index < -0.39 is 0 Å². The molecule has 0 aliphatic heterocycles. The molecule has 0 aromatic heterocycles. The average Bonchev–Trinajstić information content (AvgIpc) is 2.81. The first-order chi connectivity index (χ1) is 15.6. The molecule has 4 rings (SSSR count). The lowest BCUT2D eigenvalue weighted by atomic mass is 9.77. The van der Waals surface area contributed by atoms with E-state index in [2.05, 4.69) is 19.1 Å². The van der Waals surface area contributed by atoms with E-state index in [1.165, 1.54) is 81.9 Å². The van der Waals surface area contributed by atoms with Crippen molar-refractivity contribution in [3.05, 3.63) is 71.8 Å². The fourth-order valence-corrected chi connectivity index (χ4v) is 5.42. The van der Waals surface area contributed by atoms with Crippen LogP contribution in [0.1, 0.15) is 76.7 Å². The molecule has 170 valence electrons. The van der Waals surface area contributed by atoms with Crippen molar-refractivity contribution < 1.29 is 8.78 Å². The van der Waals surface area contributed by atoms with Crippen molar-refractivity contribution in [1.29, 1.82) is 0 Å². The maximum atomic E-state index is 15.1. The number of hydrogen-bond donors (Lipinski definition) is 0. The Morgan fingerprint density at radius 3 is 2.31 bits per heavy atom. The molecule has 0 atom stereocenters. The molecule has 3 aromatic rings. The van der Waals surface area contributed by atoms with Crippen LogP contribution >= 0.6 is 0 Å². The van der Waals surface area contributed by atoms with Crippen LogP contribution in [0.3, 0.4) is 0 Å². The summed E-state index contributed by atoms with van der Waals surface area (Å²) >= 11 is 0. The van der Waals surface area contributed by atoms with Crippen LogP contribution in [0.5, 0.6) is 0 Å². The molecule has 1 fully saturated rings. The molecule has 3 aromatic carbocycles. The van der Waals surface area contributed by atoms with Gasteiger partial charge in [0.15, 0.2) is 0 Å². The van der Waals surface area contributed by atoms with Gasteiger partial charge in [-0.05, 0) is 53.3 Å². The number of aryl methyl sites for hydroxylation is 1. The van der Waals surface area contributed by atoms with Gasteiger partial charge < -0.3 is 0 Å². The number of hydrogen-bond acceptors (Lipinski definition) is 0. The van der Waals surface area contributed by atoms with Crippen molar-refractivity contribution >= 4 is 10.8 Å². The lowest BCUT2D eigenvalue weighted by molar-refractivity contribution is 0.249. The molecule has 2 heteroatoms. The summed E-state index contributed by atoms with van der Waals surface area (Å²) < 4.78 is 28.7. The Balaban J connectivity index is 1.33. The molecule has 1 saturated carbocycles. The van der Waals surface area contributed by atoms with E-state index in [1.54, 1.807) is 18.2 Å². The Hall–Kier alpha value is -2.22. The molecule has 0 nitrogen and oxygen atoms in total. The summed E-state index contributed by atoms with van der Waals surface area (Å²) in [5.41, 5.74) is 2.32. The van der Waals surface area contributed by atoms with E-state index >= 15 is 4.39 Å². The summed E-state index contributed by atoms with van der Waals surface area (Å²) in [5.74, 6) is 1.18. The van der Waals surface area contributed by atoms with Crippen molar-refractivity contribution in [2.75, 3.05) is 0 Å². The highest BCUT2D eigenvalue weighted by atomic mass is 19.1. The molecule has 0 radical (unpaired) electrons. The molecule has 0 heterocycles. The van der Waals surface area contributed by atoms with Gasteiger partial charge in [0.25, 0.3) is 0 Å².